The normalized spacial score (nSPS) is 20.7. The third-order valence-corrected chi connectivity index (χ3v) is 4.59. The Bertz CT molecular complexity index is 428. The Kier molecular flexibility index (Phi) is 5.18. The number of carbonyl (C=O) groups excluding carboxylic acids is 1. The molecule has 0 spiro atoms. The Hall–Kier alpha value is -1.35. The predicted molar refractivity (Wildman–Crippen MR) is 82.3 cm³/mol. The molecule has 3 heteroatoms. The van der Waals surface area contributed by atoms with Gasteiger partial charge in [-0.05, 0) is 24.8 Å². The van der Waals surface area contributed by atoms with Crippen LogP contribution in [0.25, 0.3) is 0 Å². The van der Waals surface area contributed by atoms with Crippen LogP contribution in [-0.4, -0.2) is 29.6 Å². The average Bonchev–Trinajstić information content (AvgIpc) is 2.82. The van der Waals surface area contributed by atoms with E-state index >= 15 is 0 Å². The predicted octanol–water partition coefficient (Wildman–Crippen LogP) is 2.81. The van der Waals surface area contributed by atoms with Gasteiger partial charge < -0.3 is 4.90 Å². The van der Waals surface area contributed by atoms with Gasteiger partial charge in [0, 0.05) is 6.04 Å². The highest BCUT2D eigenvalue weighted by Crippen LogP contribution is 2.21. The molecule has 1 aromatic carbocycles. The second-order valence-corrected chi connectivity index (χ2v) is 5.73. The van der Waals surface area contributed by atoms with Crippen molar-refractivity contribution in [3.63, 3.8) is 0 Å². The molecule has 1 fully saturated rings. The lowest BCUT2D eigenvalue weighted by Gasteiger charge is -2.30. The molecular weight excluding hydrogens is 248 g/mol. The summed E-state index contributed by atoms with van der Waals surface area (Å²) in [5, 5.41) is 3.37. The van der Waals surface area contributed by atoms with Gasteiger partial charge in [-0.25, -0.2) is 0 Å². The number of benzene rings is 1. The number of hydrogen-bond acceptors (Lipinski definition) is 2. The maximum atomic E-state index is 12.6. The number of nitrogens with zero attached hydrogens (tertiary/aromatic N) is 1. The van der Waals surface area contributed by atoms with Crippen molar-refractivity contribution < 1.29 is 4.79 Å². The highest BCUT2D eigenvalue weighted by Gasteiger charge is 2.35. The van der Waals surface area contributed by atoms with E-state index in [2.05, 4.69) is 38.2 Å². The summed E-state index contributed by atoms with van der Waals surface area (Å²) in [6.45, 7) is 7.29. The van der Waals surface area contributed by atoms with Gasteiger partial charge in [-0.15, -0.1) is 0 Å². The van der Waals surface area contributed by atoms with Crippen molar-refractivity contribution in [1.29, 1.82) is 0 Å². The Morgan fingerprint density at radius 3 is 2.50 bits per heavy atom. The number of rotatable bonds is 6. The Morgan fingerprint density at radius 1 is 1.25 bits per heavy atom. The summed E-state index contributed by atoms with van der Waals surface area (Å²) < 4.78 is 0. The number of amides is 1. The topological polar surface area (TPSA) is 32.3 Å². The van der Waals surface area contributed by atoms with Gasteiger partial charge in [-0.3, -0.25) is 10.1 Å². The smallest absolute Gasteiger partial charge is 0.241 e. The minimum atomic E-state index is -0.0609. The molecule has 2 atom stereocenters. The fourth-order valence-electron chi connectivity index (χ4n) is 3.15. The second-order valence-electron chi connectivity index (χ2n) is 5.73. The van der Waals surface area contributed by atoms with E-state index in [1.807, 2.05) is 23.1 Å². The third kappa shape index (κ3) is 3.21. The summed E-state index contributed by atoms with van der Waals surface area (Å²) in [7, 11) is 0. The SMILES string of the molecule is CCC(CC)C(C)N1CNC(Cc2ccccc2)C1=O. The van der Waals surface area contributed by atoms with Gasteiger partial charge in [0.15, 0.2) is 0 Å². The standard InChI is InChI=1S/C17H26N2O/c1-4-15(5-2)13(3)19-12-18-16(17(19)20)11-14-9-7-6-8-10-14/h6-10,13,15-16,18H,4-5,11-12H2,1-3H3. The highest BCUT2D eigenvalue weighted by atomic mass is 16.2. The van der Waals surface area contributed by atoms with Crippen molar-refractivity contribution >= 4 is 5.91 Å². The molecule has 0 radical (unpaired) electrons. The van der Waals surface area contributed by atoms with Crippen LogP contribution in [0.3, 0.4) is 0 Å². The minimum Gasteiger partial charge on any atom is -0.326 e. The lowest BCUT2D eigenvalue weighted by Crippen LogP contribution is -2.41. The Morgan fingerprint density at radius 2 is 1.90 bits per heavy atom. The number of nitrogens with one attached hydrogen (secondary N) is 1. The fraction of sp³-hybridized carbons (Fsp3) is 0.588. The van der Waals surface area contributed by atoms with E-state index in [0.29, 0.717) is 18.6 Å². The van der Waals surface area contributed by atoms with Crippen molar-refractivity contribution in [3.05, 3.63) is 35.9 Å². The molecule has 20 heavy (non-hydrogen) atoms. The van der Waals surface area contributed by atoms with E-state index in [-0.39, 0.29) is 11.9 Å². The molecule has 1 aliphatic heterocycles. The molecule has 3 nitrogen and oxygen atoms in total. The van der Waals surface area contributed by atoms with E-state index in [1.165, 1.54) is 5.56 Å². The third-order valence-electron chi connectivity index (χ3n) is 4.59. The first-order valence-electron chi connectivity index (χ1n) is 7.75. The maximum Gasteiger partial charge on any atom is 0.241 e. The van der Waals surface area contributed by atoms with Gasteiger partial charge in [0.25, 0.3) is 0 Å². The van der Waals surface area contributed by atoms with Gasteiger partial charge in [-0.1, -0.05) is 57.0 Å². The average molecular weight is 274 g/mol. The molecule has 1 aromatic rings. The largest absolute Gasteiger partial charge is 0.326 e. The summed E-state index contributed by atoms with van der Waals surface area (Å²) in [4.78, 5) is 14.6. The van der Waals surface area contributed by atoms with Crippen LogP contribution in [-0.2, 0) is 11.2 Å². The molecule has 0 saturated carbocycles. The van der Waals surface area contributed by atoms with E-state index in [9.17, 15) is 4.79 Å². The molecule has 1 N–H and O–H groups in total. The fourth-order valence-corrected chi connectivity index (χ4v) is 3.15. The first-order chi connectivity index (χ1) is 9.67. The van der Waals surface area contributed by atoms with Crippen LogP contribution in [0.5, 0.6) is 0 Å². The van der Waals surface area contributed by atoms with E-state index in [1.54, 1.807) is 0 Å². The van der Waals surface area contributed by atoms with Crippen LogP contribution >= 0.6 is 0 Å². The highest BCUT2D eigenvalue weighted by molar-refractivity contribution is 5.84. The van der Waals surface area contributed by atoms with Crippen molar-refractivity contribution in [3.8, 4) is 0 Å². The summed E-state index contributed by atoms with van der Waals surface area (Å²) in [5.74, 6) is 0.851. The number of carbonyl (C=O) groups is 1. The Labute approximate surface area is 122 Å². The molecule has 110 valence electrons. The molecule has 1 saturated heterocycles. The molecule has 1 aliphatic rings. The number of hydrogen-bond donors (Lipinski definition) is 1. The summed E-state index contributed by atoms with van der Waals surface area (Å²) in [6.07, 6.45) is 3.04. The van der Waals surface area contributed by atoms with Crippen molar-refractivity contribution in [2.45, 2.75) is 52.1 Å². The lowest BCUT2D eigenvalue weighted by molar-refractivity contribution is -0.131. The van der Waals surface area contributed by atoms with Gasteiger partial charge in [0.2, 0.25) is 5.91 Å². The summed E-state index contributed by atoms with van der Waals surface area (Å²) in [5.41, 5.74) is 1.22. The molecule has 0 aliphatic carbocycles. The molecule has 2 unspecified atom stereocenters. The molecule has 0 bridgehead atoms. The molecule has 2 rings (SSSR count). The Balaban J connectivity index is 1.99. The maximum absolute atomic E-state index is 12.6. The van der Waals surface area contributed by atoms with Crippen LogP contribution in [0.1, 0.15) is 39.2 Å². The molecule has 1 amide bonds. The van der Waals surface area contributed by atoms with E-state index in [0.717, 1.165) is 19.3 Å². The zero-order valence-electron chi connectivity index (χ0n) is 12.8. The molecule has 1 heterocycles. The van der Waals surface area contributed by atoms with Crippen molar-refractivity contribution in [2.75, 3.05) is 6.67 Å². The first kappa shape index (κ1) is 15.0. The minimum absolute atomic E-state index is 0.0609. The zero-order chi connectivity index (χ0) is 14.5. The van der Waals surface area contributed by atoms with Crippen molar-refractivity contribution in [2.24, 2.45) is 5.92 Å². The van der Waals surface area contributed by atoms with Crippen LogP contribution in [0.4, 0.5) is 0 Å². The van der Waals surface area contributed by atoms with Crippen LogP contribution in [0.15, 0.2) is 30.3 Å². The van der Waals surface area contributed by atoms with E-state index < -0.39 is 0 Å². The molecular formula is C17H26N2O. The molecule has 0 aromatic heterocycles. The van der Waals surface area contributed by atoms with Crippen LogP contribution in [0, 0.1) is 5.92 Å². The van der Waals surface area contributed by atoms with Crippen LogP contribution in [0.2, 0.25) is 0 Å². The van der Waals surface area contributed by atoms with Gasteiger partial charge in [0.1, 0.15) is 0 Å². The summed E-state index contributed by atoms with van der Waals surface area (Å²) in [6, 6.07) is 10.5. The lowest BCUT2D eigenvalue weighted by atomic mass is 9.94. The quantitative estimate of drug-likeness (QED) is 0.865. The van der Waals surface area contributed by atoms with Gasteiger partial charge in [-0.2, -0.15) is 0 Å². The van der Waals surface area contributed by atoms with Crippen molar-refractivity contribution in [1.82, 2.24) is 10.2 Å². The van der Waals surface area contributed by atoms with Gasteiger partial charge >= 0.3 is 0 Å². The first-order valence-corrected chi connectivity index (χ1v) is 7.75. The van der Waals surface area contributed by atoms with Gasteiger partial charge in [0.05, 0.1) is 12.7 Å². The van der Waals surface area contributed by atoms with E-state index in [4.69, 9.17) is 0 Å². The van der Waals surface area contributed by atoms with Crippen LogP contribution < -0.4 is 5.32 Å². The summed E-state index contributed by atoms with van der Waals surface area (Å²) >= 11 is 0. The zero-order valence-corrected chi connectivity index (χ0v) is 12.8. The monoisotopic (exact) mass is 274 g/mol. The second kappa shape index (κ2) is 6.89.